The van der Waals surface area contributed by atoms with Gasteiger partial charge in [0.2, 0.25) is 0 Å². The van der Waals surface area contributed by atoms with Crippen LogP contribution in [-0.4, -0.2) is 16.0 Å². The van der Waals surface area contributed by atoms with Crippen molar-refractivity contribution in [2.45, 2.75) is 17.9 Å². The molecule has 1 aromatic rings. The Morgan fingerprint density at radius 1 is 1.40 bits per heavy atom. The summed E-state index contributed by atoms with van der Waals surface area (Å²) < 4.78 is 25.4. The van der Waals surface area contributed by atoms with E-state index in [9.17, 15) is 13.9 Å². The molecule has 0 fully saturated rings. The van der Waals surface area contributed by atoms with Crippen molar-refractivity contribution in [3.63, 3.8) is 0 Å². The van der Waals surface area contributed by atoms with E-state index in [0.29, 0.717) is 0 Å². The topological polar surface area (TPSA) is 20.2 Å². The molecule has 0 bridgehead atoms. The first-order chi connectivity index (χ1) is 6.91. The van der Waals surface area contributed by atoms with E-state index in [2.05, 4.69) is 15.9 Å². The van der Waals surface area contributed by atoms with Crippen LogP contribution in [0.2, 0.25) is 0 Å². The lowest BCUT2D eigenvalue weighted by atomic mass is 10.1. The second-order valence-electron chi connectivity index (χ2n) is 3.24. The number of hydrogen-bond donors (Lipinski definition) is 1. The average Bonchev–Trinajstić information content (AvgIpc) is 2.16. The molecular formula is C11H11BrF2O. The maximum atomic E-state index is 12.7. The standard InChI is InChI=1S/C11H11BrF2O/c1-8(10(15)11(12,13)14)7-9-5-3-2-4-6-9/h2-7,10,15H,1H3/b8-7+/t10-/m0/s1. The second-order valence-corrected chi connectivity index (χ2v) is 4.30. The van der Waals surface area contributed by atoms with Crippen molar-refractivity contribution in [2.75, 3.05) is 0 Å². The molecule has 1 N–H and O–H groups in total. The first kappa shape index (κ1) is 12.3. The number of benzene rings is 1. The Labute approximate surface area is 95.6 Å². The quantitative estimate of drug-likeness (QED) is 0.839. The van der Waals surface area contributed by atoms with Crippen LogP contribution < -0.4 is 0 Å². The lowest BCUT2D eigenvalue weighted by molar-refractivity contribution is -0.00630. The van der Waals surface area contributed by atoms with E-state index in [0.717, 1.165) is 5.56 Å². The van der Waals surface area contributed by atoms with Crippen molar-refractivity contribution < 1.29 is 13.9 Å². The van der Waals surface area contributed by atoms with Crippen molar-refractivity contribution in [1.82, 2.24) is 0 Å². The van der Waals surface area contributed by atoms with Crippen LogP contribution >= 0.6 is 15.9 Å². The average molecular weight is 277 g/mol. The summed E-state index contributed by atoms with van der Waals surface area (Å²) in [4.78, 5) is -3.29. The second kappa shape index (κ2) is 4.86. The molecule has 82 valence electrons. The number of aliphatic hydroxyl groups is 1. The third kappa shape index (κ3) is 3.72. The highest BCUT2D eigenvalue weighted by Crippen LogP contribution is 2.30. The van der Waals surface area contributed by atoms with E-state index < -0.39 is 10.9 Å². The minimum atomic E-state index is -3.29. The van der Waals surface area contributed by atoms with E-state index >= 15 is 0 Å². The molecule has 0 aliphatic rings. The summed E-state index contributed by atoms with van der Waals surface area (Å²) in [5, 5.41) is 9.25. The Hall–Kier alpha value is -0.740. The maximum Gasteiger partial charge on any atom is 0.330 e. The summed E-state index contributed by atoms with van der Waals surface area (Å²) in [5.41, 5.74) is 0.994. The van der Waals surface area contributed by atoms with Gasteiger partial charge in [-0.25, -0.2) is 0 Å². The van der Waals surface area contributed by atoms with E-state index in [1.165, 1.54) is 13.0 Å². The van der Waals surface area contributed by atoms with Gasteiger partial charge in [-0.05, 0) is 34.0 Å². The molecule has 0 saturated heterocycles. The monoisotopic (exact) mass is 276 g/mol. The van der Waals surface area contributed by atoms with Gasteiger partial charge in [-0.15, -0.1) is 0 Å². The van der Waals surface area contributed by atoms with Crippen LogP contribution in [0.3, 0.4) is 0 Å². The molecule has 0 radical (unpaired) electrons. The summed E-state index contributed by atoms with van der Waals surface area (Å²) >= 11 is 2.13. The highest BCUT2D eigenvalue weighted by atomic mass is 79.9. The molecule has 1 rings (SSSR count). The number of halogens is 3. The molecule has 1 atom stereocenters. The fourth-order valence-corrected chi connectivity index (χ4v) is 1.51. The summed E-state index contributed by atoms with van der Waals surface area (Å²) in [6, 6.07) is 9.00. The Balaban J connectivity index is 2.86. The lowest BCUT2D eigenvalue weighted by Gasteiger charge is -2.16. The SMILES string of the molecule is C/C(=C\c1ccccc1)[C@H](O)C(F)(F)Br. The highest BCUT2D eigenvalue weighted by molar-refractivity contribution is 9.10. The van der Waals surface area contributed by atoms with E-state index in [-0.39, 0.29) is 5.57 Å². The molecule has 1 aromatic carbocycles. The predicted octanol–water partition coefficient (Wildman–Crippen LogP) is 3.44. The minimum absolute atomic E-state index is 0.211. The Morgan fingerprint density at radius 2 is 1.93 bits per heavy atom. The highest BCUT2D eigenvalue weighted by Gasteiger charge is 2.35. The first-order valence-electron chi connectivity index (χ1n) is 4.39. The van der Waals surface area contributed by atoms with Crippen molar-refractivity contribution in [1.29, 1.82) is 0 Å². The summed E-state index contributed by atoms with van der Waals surface area (Å²) in [6.45, 7) is 1.47. The molecule has 0 amide bonds. The van der Waals surface area contributed by atoms with E-state index in [1.807, 2.05) is 6.07 Å². The van der Waals surface area contributed by atoms with Crippen molar-refractivity contribution in [3.05, 3.63) is 41.5 Å². The van der Waals surface area contributed by atoms with Gasteiger partial charge in [0.25, 0.3) is 0 Å². The fraction of sp³-hybridized carbons (Fsp3) is 0.273. The lowest BCUT2D eigenvalue weighted by Crippen LogP contribution is -2.27. The van der Waals surface area contributed by atoms with Crippen LogP contribution in [0.25, 0.3) is 6.08 Å². The molecule has 0 heterocycles. The van der Waals surface area contributed by atoms with Crippen molar-refractivity contribution >= 4 is 22.0 Å². The first-order valence-corrected chi connectivity index (χ1v) is 5.18. The number of hydrogen-bond acceptors (Lipinski definition) is 1. The van der Waals surface area contributed by atoms with Crippen LogP contribution in [0.15, 0.2) is 35.9 Å². The fourth-order valence-electron chi connectivity index (χ4n) is 1.15. The molecular weight excluding hydrogens is 266 g/mol. The van der Waals surface area contributed by atoms with Crippen molar-refractivity contribution in [2.24, 2.45) is 0 Å². The molecule has 0 saturated carbocycles. The Kier molecular flexibility index (Phi) is 3.99. The summed E-state index contributed by atoms with van der Waals surface area (Å²) in [5.74, 6) is 0. The van der Waals surface area contributed by atoms with Gasteiger partial charge >= 0.3 is 4.83 Å². The third-order valence-corrected chi connectivity index (χ3v) is 2.37. The van der Waals surface area contributed by atoms with Crippen LogP contribution in [0.5, 0.6) is 0 Å². The van der Waals surface area contributed by atoms with Gasteiger partial charge in [0, 0.05) is 0 Å². The van der Waals surface area contributed by atoms with E-state index in [4.69, 9.17) is 0 Å². The van der Waals surface area contributed by atoms with Gasteiger partial charge in [0.05, 0.1) is 0 Å². The smallest absolute Gasteiger partial charge is 0.330 e. The van der Waals surface area contributed by atoms with Crippen LogP contribution in [0.1, 0.15) is 12.5 Å². The van der Waals surface area contributed by atoms with E-state index in [1.54, 1.807) is 24.3 Å². The van der Waals surface area contributed by atoms with Crippen LogP contribution in [-0.2, 0) is 0 Å². The van der Waals surface area contributed by atoms with Gasteiger partial charge < -0.3 is 5.11 Å². The third-order valence-electron chi connectivity index (χ3n) is 1.94. The van der Waals surface area contributed by atoms with Gasteiger partial charge in [-0.2, -0.15) is 8.78 Å². The molecule has 4 heteroatoms. The largest absolute Gasteiger partial charge is 0.381 e. The summed E-state index contributed by atoms with van der Waals surface area (Å²) in [7, 11) is 0. The Bertz CT molecular complexity index is 343. The molecule has 1 nitrogen and oxygen atoms in total. The maximum absolute atomic E-state index is 12.7. The van der Waals surface area contributed by atoms with Crippen LogP contribution in [0.4, 0.5) is 8.78 Å². The van der Waals surface area contributed by atoms with Gasteiger partial charge in [0.1, 0.15) is 6.10 Å². The molecule has 0 unspecified atom stereocenters. The molecule has 0 aliphatic heterocycles. The van der Waals surface area contributed by atoms with Gasteiger partial charge in [-0.1, -0.05) is 36.4 Å². The normalized spacial score (nSPS) is 15.1. The predicted molar refractivity (Wildman–Crippen MR) is 60.0 cm³/mol. The molecule has 0 spiro atoms. The zero-order chi connectivity index (χ0) is 11.5. The molecule has 15 heavy (non-hydrogen) atoms. The number of rotatable bonds is 3. The zero-order valence-electron chi connectivity index (χ0n) is 8.12. The number of alkyl halides is 3. The summed E-state index contributed by atoms with van der Waals surface area (Å²) in [6.07, 6.45) is -0.280. The zero-order valence-corrected chi connectivity index (χ0v) is 9.71. The van der Waals surface area contributed by atoms with Gasteiger partial charge in [-0.3, -0.25) is 0 Å². The Morgan fingerprint density at radius 3 is 2.40 bits per heavy atom. The minimum Gasteiger partial charge on any atom is -0.381 e. The molecule has 0 aromatic heterocycles. The molecule has 0 aliphatic carbocycles. The van der Waals surface area contributed by atoms with Crippen molar-refractivity contribution in [3.8, 4) is 0 Å². The van der Waals surface area contributed by atoms with Crippen LogP contribution in [0, 0.1) is 0 Å². The number of aliphatic hydroxyl groups excluding tert-OH is 1. The van der Waals surface area contributed by atoms with Gasteiger partial charge in [0.15, 0.2) is 0 Å².